The van der Waals surface area contributed by atoms with Gasteiger partial charge < -0.3 is 39.5 Å². The van der Waals surface area contributed by atoms with Crippen LogP contribution in [0.3, 0.4) is 0 Å². The fourth-order valence-electron chi connectivity index (χ4n) is 5.79. The molecule has 12 heteroatoms. The standard InChI is InChI=1S/C35H40N4O8/c1-24-18-38(35(44)39(33(24)42)23-46-21-25-10-4-3-5-11-25)19-31(40)37(20-32(41)45-2)17-16-36-34(43)47-22-30-28-14-8-6-12-26(28)27-13-7-9-15-29(27)30/h3-15,18,30,33,35,42,44H,16-17,19-23H2,1-2H3,(H,36,43). The summed E-state index contributed by atoms with van der Waals surface area (Å²) in [5, 5.41) is 24.4. The Morgan fingerprint density at radius 3 is 2.21 bits per heavy atom. The van der Waals surface area contributed by atoms with Crippen LogP contribution in [0, 0.1) is 0 Å². The van der Waals surface area contributed by atoms with Crippen LogP contribution in [0.4, 0.5) is 4.79 Å². The van der Waals surface area contributed by atoms with Crippen LogP contribution in [0.2, 0.25) is 0 Å². The first-order valence-corrected chi connectivity index (χ1v) is 15.4. The highest BCUT2D eigenvalue weighted by molar-refractivity contribution is 5.83. The average Bonchev–Trinajstić information content (AvgIpc) is 3.41. The summed E-state index contributed by atoms with van der Waals surface area (Å²) in [4.78, 5) is 42.1. The van der Waals surface area contributed by atoms with Gasteiger partial charge in [-0.05, 0) is 40.3 Å². The Morgan fingerprint density at radius 2 is 1.55 bits per heavy atom. The van der Waals surface area contributed by atoms with Crippen molar-refractivity contribution in [2.24, 2.45) is 0 Å². The first-order valence-electron chi connectivity index (χ1n) is 15.4. The molecule has 3 N–H and O–H groups in total. The zero-order valence-corrected chi connectivity index (χ0v) is 26.5. The van der Waals surface area contributed by atoms with Crippen LogP contribution in [0.1, 0.15) is 29.5 Å². The average molecular weight is 645 g/mol. The monoisotopic (exact) mass is 644 g/mol. The lowest BCUT2D eigenvalue weighted by Crippen LogP contribution is -2.57. The Kier molecular flexibility index (Phi) is 11.2. The molecule has 47 heavy (non-hydrogen) atoms. The minimum atomic E-state index is -1.38. The Hall–Kier alpha value is -4.75. The van der Waals surface area contributed by atoms with Gasteiger partial charge in [0.15, 0.2) is 6.35 Å². The number of nitrogens with zero attached hydrogens (tertiary/aromatic N) is 3. The van der Waals surface area contributed by atoms with E-state index in [-0.39, 0.29) is 52.0 Å². The summed E-state index contributed by atoms with van der Waals surface area (Å²) in [6.45, 7) is 1.28. The number of aliphatic hydroxyl groups is 2. The lowest BCUT2D eigenvalue weighted by molar-refractivity contribution is -0.199. The van der Waals surface area contributed by atoms with Crippen LogP contribution in [0.15, 0.2) is 90.6 Å². The van der Waals surface area contributed by atoms with Crippen LogP contribution in [0.5, 0.6) is 0 Å². The van der Waals surface area contributed by atoms with Gasteiger partial charge in [0.2, 0.25) is 5.91 Å². The molecule has 0 bridgehead atoms. The Bertz CT molecular complexity index is 1540. The number of esters is 1. The number of nitrogens with one attached hydrogen (secondary N) is 1. The van der Waals surface area contributed by atoms with Gasteiger partial charge in [-0.15, -0.1) is 0 Å². The SMILES string of the molecule is COC(=O)CN(CCNC(=O)OCC1c2ccccc2-c2ccccc21)C(=O)CN1C=C(C)C(O)N(COCc2ccccc2)C1O. The van der Waals surface area contributed by atoms with Crippen molar-refractivity contribution in [3.63, 3.8) is 0 Å². The number of rotatable bonds is 13. The van der Waals surface area contributed by atoms with E-state index in [1.165, 1.54) is 28.0 Å². The fourth-order valence-corrected chi connectivity index (χ4v) is 5.79. The molecule has 0 saturated heterocycles. The molecule has 248 valence electrons. The predicted octanol–water partition coefficient (Wildman–Crippen LogP) is 2.82. The van der Waals surface area contributed by atoms with E-state index < -0.39 is 30.5 Å². The van der Waals surface area contributed by atoms with Gasteiger partial charge in [-0.25, -0.2) is 9.69 Å². The fraction of sp³-hybridized carbons (Fsp3) is 0.343. The molecule has 0 saturated carbocycles. The van der Waals surface area contributed by atoms with Gasteiger partial charge in [0.05, 0.1) is 13.7 Å². The number of methoxy groups -OCH3 is 1. The van der Waals surface area contributed by atoms with E-state index in [0.29, 0.717) is 5.57 Å². The summed E-state index contributed by atoms with van der Waals surface area (Å²) in [6.07, 6.45) is -1.67. The number of carbonyl (C=O) groups is 3. The zero-order chi connectivity index (χ0) is 33.3. The molecule has 3 aromatic rings. The molecule has 2 aliphatic rings. The van der Waals surface area contributed by atoms with Crippen LogP contribution in [0.25, 0.3) is 11.1 Å². The molecular weight excluding hydrogens is 604 g/mol. The van der Waals surface area contributed by atoms with Crippen LogP contribution in [-0.4, -0.2) is 102 Å². The second-order valence-corrected chi connectivity index (χ2v) is 11.4. The van der Waals surface area contributed by atoms with E-state index in [4.69, 9.17) is 14.2 Å². The van der Waals surface area contributed by atoms with Gasteiger partial charge in [0.1, 0.15) is 32.7 Å². The van der Waals surface area contributed by atoms with Crippen molar-refractivity contribution in [2.45, 2.75) is 32.0 Å². The van der Waals surface area contributed by atoms with Crippen molar-refractivity contribution in [3.05, 3.63) is 107 Å². The number of fused-ring (bicyclic) bond motifs is 3. The molecule has 5 rings (SSSR count). The lowest BCUT2D eigenvalue weighted by atomic mass is 9.98. The van der Waals surface area contributed by atoms with E-state index >= 15 is 0 Å². The van der Waals surface area contributed by atoms with Gasteiger partial charge in [-0.1, -0.05) is 78.9 Å². The van der Waals surface area contributed by atoms with Gasteiger partial charge in [0, 0.05) is 25.2 Å². The first-order chi connectivity index (χ1) is 22.8. The summed E-state index contributed by atoms with van der Waals surface area (Å²) in [7, 11) is 1.22. The number of hydrogen-bond acceptors (Lipinski definition) is 10. The van der Waals surface area contributed by atoms with Crippen LogP contribution in [-0.2, 0) is 30.4 Å². The number of carbonyl (C=O) groups excluding carboxylic acids is 3. The molecule has 2 unspecified atom stereocenters. The van der Waals surface area contributed by atoms with Crippen molar-refractivity contribution in [3.8, 4) is 11.1 Å². The van der Waals surface area contributed by atoms with E-state index in [1.807, 2.05) is 66.7 Å². The Labute approximate surface area is 273 Å². The Morgan fingerprint density at radius 1 is 0.915 bits per heavy atom. The third-order valence-corrected chi connectivity index (χ3v) is 8.25. The van der Waals surface area contributed by atoms with Crippen LogP contribution < -0.4 is 5.32 Å². The minimum Gasteiger partial charge on any atom is -0.468 e. The van der Waals surface area contributed by atoms with E-state index in [9.17, 15) is 24.6 Å². The normalized spacial score (nSPS) is 17.4. The molecule has 0 fully saturated rings. The third kappa shape index (κ3) is 8.16. The second kappa shape index (κ2) is 15.7. The molecular formula is C35H40N4O8. The smallest absolute Gasteiger partial charge is 0.407 e. The summed E-state index contributed by atoms with van der Waals surface area (Å²) in [5.41, 5.74) is 5.84. The van der Waals surface area contributed by atoms with Crippen molar-refractivity contribution in [2.75, 3.05) is 46.6 Å². The molecule has 3 aromatic carbocycles. The maximum Gasteiger partial charge on any atom is 0.407 e. The third-order valence-electron chi connectivity index (χ3n) is 8.25. The highest BCUT2D eigenvalue weighted by Crippen LogP contribution is 2.44. The predicted molar refractivity (Wildman–Crippen MR) is 172 cm³/mol. The van der Waals surface area contributed by atoms with Crippen molar-refractivity contribution in [1.82, 2.24) is 20.0 Å². The van der Waals surface area contributed by atoms with E-state index in [1.54, 1.807) is 6.92 Å². The first kappa shape index (κ1) is 33.6. The van der Waals surface area contributed by atoms with Gasteiger partial charge in [0.25, 0.3) is 0 Å². The quantitative estimate of drug-likeness (QED) is 0.238. The summed E-state index contributed by atoms with van der Waals surface area (Å²) < 4.78 is 16.1. The molecule has 12 nitrogen and oxygen atoms in total. The number of aliphatic hydroxyl groups excluding tert-OH is 2. The molecule has 1 aliphatic heterocycles. The zero-order valence-electron chi connectivity index (χ0n) is 26.5. The molecule has 2 atom stereocenters. The summed E-state index contributed by atoms with van der Waals surface area (Å²) >= 11 is 0. The van der Waals surface area contributed by atoms with E-state index in [2.05, 4.69) is 17.4 Å². The largest absolute Gasteiger partial charge is 0.468 e. The van der Waals surface area contributed by atoms with Gasteiger partial charge in [-0.3, -0.25) is 9.59 Å². The van der Waals surface area contributed by atoms with Crippen molar-refractivity contribution < 1.29 is 38.8 Å². The summed E-state index contributed by atoms with van der Waals surface area (Å²) in [6, 6.07) is 25.5. The lowest BCUT2D eigenvalue weighted by Gasteiger charge is -2.42. The maximum absolute atomic E-state index is 13.4. The minimum absolute atomic E-state index is 0.00892. The van der Waals surface area contributed by atoms with Crippen molar-refractivity contribution in [1.29, 1.82) is 0 Å². The molecule has 0 aromatic heterocycles. The number of benzene rings is 3. The second-order valence-electron chi connectivity index (χ2n) is 11.4. The van der Waals surface area contributed by atoms with Crippen LogP contribution >= 0.6 is 0 Å². The molecule has 0 radical (unpaired) electrons. The Balaban J connectivity index is 1.14. The highest BCUT2D eigenvalue weighted by Gasteiger charge is 2.35. The molecule has 1 heterocycles. The molecule has 1 aliphatic carbocycles. The number of hydrogen-bond donors (Lipinski definition) is 3. The van der Waals surface area contributed by atoms with E-state index in [0.717, 1.165) is 27.8 Å². The maximum atomic E-state index is 13.4. The number of ether oxygens (including phenoxy) is 3. The molecule has 2 amide bonds. The summed E-state index contributed by atoms with van der Waals surface area (Å²) in [5.74, 6) is -1.24. The number of alkyl carbamates (subject to hydrolysis) is 1. The molecule has 0 spiro atoms. The topological polar surface area (TPSA) is 141 Å². The highest BCUT2D eigenvalue weighted by atomic mass is 16.5. The van der Waals surface area contributed by atoms with Gasteiger partial charge >= 0.3 is 12.1 Å². The van der Waals surface area contributed by atoms with Crippen molar-refractivity contribution >= 4 is 18.0 Å². The number of amides is 2. The van der Waals surface area contributed by atoms with Gasteiger partial charge in [-0.2, -0.15) is 0 Å².